The lowest BCUT2D eigenvalue weighted by Crippen LogP contribution is -2.49. The summed E-state index contributed by atoms with van der Waals surface area (Å²) in [6.45, 7) is 5.66. The van der Waals surface area contributed by atoms with Gasteiger partial charge in [0, 0.05) is 12.2 Å². The highest BCUT2D eigenvalue weighted by atomic mass is 19.1. The quantitative estimate of drug-likeness (QED) is 0.178. The number of hydrogen-bond acceptors (Lipinski definition) is 5. The average Bonchev–Trinajstić information content (AvgIpc) is 2.87. The Bertz CT molecular complexity index is 1240. The van der Waals surface area contributed by atoms with Crippen molar-refractivity contribution in [1.82, 2.24) is 5.12 Å². The Balaban J connectivity index is 1.65. The summed E-state index contributed by atoms with van der Waals surface area (Å²) in [7, 11) is 0. The highest BCUT2D eigenvalue weighted by Gasteiger charge is 2.40. The van der Waals surface area contributed by atoms with E-state index in [1.807, 2.05) is 42.5 Å². The molecule has 1 aliphatic rings. The molecule has 0 aromatic heterocycles. The number of aromatic hydroxyl groups is 1. The first-order valence-electron chi connectivity index (χ1n) is 12.3. The van der Waals surface area contributed by atoms with Crippen LogP contribution in [-0.2, 0) is 12.0 Å². The fourth-order valence-electron chi connectivity index (χ4n) is 4.83. The van der Waals surface area contributed by atoms with Crippen LogP contribution in [0.4, 0.5) is 10.1 Å². The van der Waals surface area contributed by atoms with E-state index in [1.54, 1.807) is 12.1 Å². The van der Waals surface area contributed by atoms with Gasteiger partial charge in [0.2, 0.25) is 0 Å². The molecule has 0 bridgehead atoms. The molecule has 7 heteroatoms. The number of phenolic OH excluding ortho intramolecular Hbond substituents is 1. The van der Waals surface area contributed by atoms with Crippen molar-refractivity contribution in [2.75, 3.05) is 18.0 Å². The van der Waals surface area contributed by atoms with Crippen molar-refractivity contribution in [2.24, 2.45) is 16.7 Å². The standard InChI is InChI=1S/C29H34FN5O/c1-3-4-18-35(32)33-28(31)16-7-21-5-8-23(9-6-21)29(2)27-15-14-26(36)20-22(27)17-19-34(29)25-12-10-24(30)11-13-25/h5-16,20,36H,3-4,17-19,32H2,1-2H3,(H2,31,33)/b16-7+. The second-order valence-electron chi connectivity index (χ2n) is 9.29. The van der Waals surface area contributed by atoms with Crippen LogP contribution in [0.3, 0.4) is 0 Å². The lowest BCUT2D eigenvalue weighted by atomic mass is 9.76. The number of rotatable bonds is 8. The third kappa shape index (κ3) is 5.36. The third-order valence-corrected chi connectivity index (χ3v) is 6.80. The molecule has 0 saturated heterocycles. The highest BCUT2D eigenvalue weighted by Crippen LogP contribution is 2.44. The highest BCUT2D eigenvalue weighted by molar-refractivity contribution is 5.94. The van der Waals surface area contributed by atoms with E-state index >= 15 is 0 Å². The van der Waals surface area contributed by atoms with Crippen LogP contribution >= 0.6 is 0 Å². The number of amidine groups is 1. The molecule has 0 fully saturated rings. The Kier molecular flexibility index (Phi) is 7.60. The average molecular weight is 488 g/mol. The molecule has 1 heterocycles. The summed E-state index contributed by atoms with van der Waals surface area (Å²) in [5.41, 5.74) is 10.7. The molecule has 0 spiro atoms. The maximum Gasteiger partial charge on any atom is 0.145 e. The number of hydrazine groups is 1. The molecule has 3 aromatic carbocycles. The summed E-state index contributed by atoms with van der Waals surface area (Å²) < 4.78 is 13.7. The number of benzene rings is 3. The molecule has 6 nitrogen and oxygen atoms in total. The first kappa shape index (κ1) is 25.3. The SMILES string of the molecule is CCCCN(N)/N=C(N)/C=C/c1ccc(C2(C)c3ccc(O)cc3CCN2c2ccc(F)cc2)cc1. The molecule has 188 valence electrons. The van der Waals surface area contributed by atoms with Crippen LogP contribution in [0, 0.1) is 5.82 Å². The topological polar surface area (TPSA) is 91.1 Å². The lowest BCUT2D eigenvalue weighted by Gasteiger charge is -2.48. The first-order valence-corrected chi connectivity index (χ1v) is 12.3. The van der Waals surface area contributed by atoms with Crippen molar-refractivity contribution in [2.45, 2.75) is 38.6 Å². The van der Waals surface area contributed by atoms with Gasteiger partial charge in [-0.1, -0.05) is 49.8 Å². The van der Waals surface area contributed by atoms with Gasteiger partial charge in [-0.2, -0.15) is 0 Å². The van der Waals surface area contributed by atoms with Crippen LogP contribution in [0.5, 0.6) is 5.75 Å². The zero-order valence-electron chi connectivity index (χ0n) is 20.9. The third-order valence-electron chi connectivity index (χ3n) is 6.80. The van der Waals surface area contributed by atoms with E-state index in [4.69, 9.17) is 11.6 Å². The maximum absolute atomic E-state index is 13.7. The zero-order valence-corrected chi connectivity index (χ0v) is 20.9. The van der Waals surface area contributed by atoms with Crippen molar-refractivity contribution in [3.05, 3.63) is 101 Å². The van der Waals surface area contributed by atoms with Gasteiger partial charge in [-0.05, 0) is 84.5 Å². The van der Waals surface area contributed by atoms with Crippen LogP contribution in [0.15, 0.2) is 77.9 Å². The van der Waals surface area contributed by atoms with Gasteiger partial charge in [0.05, 0.1) is 12.1 Å². The van der Waals surface area contributed by atoms with Crippen LogP contribution in [-0.4, -0.2) is 29.1 Å². The molecule has 0 amide bonds. The number of hydrogen-bond donors (Lipinski definition) is 3. The minimum absolute atomic E-state index is 0.259. The first-order chi connectivity index (χ1) is 17.3. The molecule has 1 unspecified atom stereocenters. The molecule has 0 saturated carbocycles. The van der Waals surface area contributed by atoms with Gasteiger partial charge in [-0.3, -0.25) is 0 Å². The summed E-state index contributed by atoms with van der Waals surface area (Å²) in [6, 6.07) is 20.5. The lowest BCUT2D eigenvalue weighted by molar-refractivity contribution is 0.294. The van der Waals surface area contributed by atoms with Crippen molar-refractivity contribution in [3.8, 4) is 5.75 Å². The summed E-state index contributed by atoms with van der Waals surface area (Å²) in [5.74, 6) is 6.20. The van der Waals surface area contributed by atoms with Gasteiger partial charge >= 0.3 is 0 Å². The minimum Gasteiger partial charge on any atom is -0.508 e. The van der Waals surface area contributed by atoms with E-state index in [1.165, 1.54) is 17.3 Å². The van der Waals surface area contributed by atoms with E-state index < -0.39 is 5.54 Å². The number of unbranched alkanes of at least 4 members (excludes halogenated alkanes) is 1. The number of nitrogens with two attached hydrogens (primary N) is 2. The Labute approximate surface area is 212 Å². The predicted octanol–water partition coefficient (Wildman–Crippen LogP) is 5.12. The van der Waals surface area contributed by atoms with Crippen molar-refractivity contribution in [1.29, 1.82) is 0 Å². The number of phenols is 1. The van der Waals surface area contributed by atoms with Crippen molar-refractivity contribution >= 4 is 17.6 Å². The van der Waals surface area contributed by atoms with Gasteiger partial charge in [-0.25, -0.2) is 15.4 Å². The second-order valence-corrected chi connectivity index (χ2v) is 9.29. The van der Waals surface area contributed by atoms with Gasteiger partial charge in [-0.15, -0.1) is 5.10 Å². The Hall–Kier alpha value is -3.84. The number of anilines is 1. The second kappa shape index (κ2) is 10.8. The van der Waals surface area contributed by atoms with E-state index in [0.717, 1.165) is 53.7 Å². The van der Waals surface area contributed by atoms with Gasteiger partial charge in [0.15, 0.2) is 0 Å². The summed E-state index contributed by atoms with van der Waals surface area (Å²) in [4.78, 5) is 2.30. The molecule has 4 rings (SSSR count). The molecular formula is C29H34FN5O. The van der Waals surface area contributed by atoms with E-state index in [2.05, 4.69) is 36.0 Å². The number of nitrogens with zero attached hydrogens (tertiary/aromatic N) is 3. The number of fused-ring (bicyclic) bond motifs is 1. The fraction of sp³-hybridized carbons (Fsp3) is 0.276. The molecule has 0 aliphatic carbocycles. The summed E-state index contributed by atoms with van der Waals surface area (Å²) in [5, 5.41) is 15.6. The zero-order chi connectivity index (χ0) is 25.7. The van der Waals surface area contributed by atoms with E-state index in [9.17, 15) is 9.50 Å². The van der Waals surface area contributed by atoms with E-state index in [-0.39, 0.29) is 11.6 Å². The molecule has 0 radical (unpaired) electrons. The van der Waals surface area contributed by atoms with Crippen LogP contribution in [0.25, 0.3) is 6.08 Å². The number of hydrazone groups is 1. The molecular weight excluding hydrogens is 453 g/mol. The van der Waals surface area contributed by atoms with Crippen molar-refractivity contribution in [3.63, 3.8) is 0 Å². The van der Waals surface area contributed by atoms with Crippen LogP contribution in [0.1, 0.15) is 48.9 Å². The minimum atomic E-state index is -0.513. The molecule has 3 aromatic rings. The summed E-state index contributed by atoms with van der Waals surface area (Å²) >= 11 is 0. The van der Waals surface area contributed by atoms with E-state index in [0.29, 0.717) is 12.4 Å². The van der Waals surface area contributed by atoms with Crippen LogP contribution in [0.2, 0.25) is 0 Å². The fourth-order valence-corrected chi connectivity index (χ4v) is 4.83. The predicted molar refractivity (Wildman–Crippen MR) is 145 cm³/mol. The normalized spacial score (nSPS) is 17.9. The largest absolute Gasteiger partial charge is 0.508 e. The van der Waals surface area contributed by atoms with Crippen LogP contribution < -0.4 is 16.5 Å². The monoisotopic (exact) mass is 487 g/mol. The molecule has 36 heavy (non-hydrogen) atoms. The Morgan fingerprint density at radius 1 is 1.14 bits per heavy atom. The Morgan fingerprint density at radius 2 is 1.86 bits per heavy atom. The number of halogens is 1. The molecule has 5 N–H and O–H groups in total. The Morgan fingerprint density at radius 3 is 2.56 bits per heavy atom. The van der Waals surface area contributed by atoms with Crippen molar-refractivity contribution < 1.29 is 9.50 Å². The van der Waals surface area contributed by atoms with Gasteiger partial charge in [0.1, 0.15) is 17.4 Å². The van der Waals surface area contributed by atoms with Gasteiger partial charge in [0.25, 0.3) is 0 Å². The molecule has 1 aliphatic heterocycles. The maximum atomic E-state index is 13.7. The smallest absolute Gasteiger partial charge is 0.145 e. The summed E-state index contributed by atoms with van der Waals surface area (Å²) in [6.07, 6.45) is 6.42. The molecule has 1 atom stereocenters. The van der Waals surface area contributed by atoms with Gasteiger partial charge < -0.3 is 15.7 Å².